The molecule has 5 rings (SSSR count). The lowest BCUT2D eigenvalue weighted by Crippen LogP contribution is -2.39. The zero-order valence-corrected chi connectivity index (χ0v) is 20.8. The van der Waals surface area contributed by atoms with E-state index in [2.05, 4.69) is 53.7 Å². The summed E-state index contributed by atoms with van der Waals surface area (Å²) in [5.74, 6) is -1.30. The number of benzene rings is 3. The van der Waals surface area contributed by atoms with Crippen molar-refractivity contribution in [1.29, 1.82) is 0 Å². The van der Waals surface area contributed by atoms with Crippen molar-refractivity contribution in [3.8, 4) is 11.1 Å². The third-order valence-electron chi connectivity index (χ3n) is 7.18. The summed E-state index contributed by atoms with van der Waals surface area (Å²) >= 11 is 6.36. The third kappa shape index (κ3) is 4.86. The van der Waals surface area contributed by atoms with Crippen molar-refractivity contribution < 1.29 is 14.7 Å². The Hall–Kier alpha value is -3.64. The summed E-state index contributed by atoms with van der Waals surface area (Å²) < 4.78 is 1.87. The highest BCUT2D eigenvalue weighted by Crippen LogP contribution is 2.31. The number of halogens is 1. The molecule has 1 saturated carbocycles. The zero-order chi connectivity index (χ0) is 25.2. The molecule has 0 aliphatic heterocycles. The predicted molar refractivity (Wildman–Crippen MR) is 141 cm³/mol. The highest BCUT2D eigenvalue weighted by molar-refractivity contribution is 6.32. The number of carbonyl (C=O) groups is 2. The molecule has 1 atom stereocenters. The molecule has 1 heterocycles. The number of aromatic nitrogens is 2. The number of hydrogen-bond donors (Lipinski definition) is 2. The van der Waals surface area contributed by atoms with Crippen LogP contribution in [0.1, 0.15) is 54.6 Å². The number of carbonyl (C=O) groups excluding carboxylic acids is 1. The van der Waals surface area contributed by atoms with Crippen molar-refractivity contribution in [2.24, 2.45) is 5.92 Å². The fourth-order valence-electron chi connectivity index (χ4n) is 5.10. The molecule has 36 heavy (non-hydrogen) atoms. The lowest BCUT2D eigenvalue weighted by molar-refractivity contribution is -0.142. The van der Waals surface area contributed by atoms with Crippen LogP contribution in [-0.2, 0) is 4.79 Å². The summed E-state index contributed by atoms with van der Waals surface area (Å²) in [6, 6.07) is 22.0. The van der Waals surface area contributed by atoms with Crippen LogP contribution >= 0.6 is 11.6 Å². The molecule has 1 aliphatic carbocycles. The molecule has 0 spiro atoms. The molecule has 1 aliphatic rings. The maximum absolute atomic E-state index is 13.4. The highest BCUT2D eigenvalue weighted by atomic mass is 35.5. The number of nitrogens with one attached hydrogen (secondary N) is 1. The van der Waals surface area contributed by atoms with Crippen molar-refractivity contribution in [1.82, 2.24) is 15.1 Å². The van der Waals surface area contributed by atoms with Crippen LogP contribution in [0.5, 0.6) is 0 Å². The Morgan fingerprint density at radius 3 is 2.33 bits per heavy atom. The first-order valence-corrected chi connectivity index (χ1v) is 12.6. The Balaban J connectivity index is 1.41. The molecule has 1 fully saturated rings. The van der Waals surface area contributed by atoms with E-state index in [1.54, 1.807) is 12.3 Å². The third-order valence-corrected chi connectivity index (χ3v) is 7.40. The molecule has 4 aromatic rings. The number of fused-ring (bicyclic) bond motifs is 1. The molecule has 0 bridgehead atoms. The molecule has 0 radical (unpaired) electrons. The minimum atomic E-state index is -0.758. The maximum Gasteiger partial charge on any atom is 0.306 e. The first-order chi connectivity index (χ1) is 17.4. The van der Waals surface area contributed by atoms with Crippen LogP contribution < -0.4 is 5.32 Å². The topological polar surface area (TPSA) is 84.2 Å². The van der Waals surface area contributed by atoms with Gasteiger partial charge in [-0.25, -0.2) is 0 Å². The van der Waals surface area contributed by atoms with Crippen molar-refractivity contribution in [2.75, 3.05) is 0 Å². The van der Waals surface area contributed by atoms with Gasteiger partial charge in [-0.2, -0.15) is 5.10 Å². The number of aliphatic carboxylic acids is 1. The van der Waals surface area contributed by atoms with Crippen LogP contribution in [-0.4, -0.2) is 32.8 Å². The molecule has 7 heteroatoms. The van der Waals surface area contributed by atoms with Crippen molar-refractivity contribution in [3.05, 3.63) is 89.1 Å². The normalized spacial score (nSPS) is 18.6. The second kappa shape index (κ2) is 10.2. The van der Waals surface area contributed by atoms with Crippen LogP contribution in [0.4, 0.5) is 0 Å². The number of carboxylic acids is 1. The summed E-state index contributed by atoms with van der Waals surface area (Å²) in [5, 5.41) is 18.3. The summed E-state index contributed by atoms with van der Waals surface area (Å²) in [6.07, 6.45) is 4.18. The molecule has 1 unspecified atom stereocenters. The number of hydrogen-bond acceptors (Lipinski definition) is 3. The van der Waals surface area contributed by atoms with E-state index in [1.807, 2.05) is 28.9 Å². The Bertz CT molecular complexity index is 1390. The van der Waals surface area contributed by atoms with Gasteiger partial charge < -0.3 is 10.4 Å². The SMILES string of the molecule is CC(c1ccc(-c2ccccc2)cc1)n1ncc2cc(Cl)cc(C(=O)NC3CCC(C(=O)O)CC3)c21. The molecular formula is C29H28ClN3O3. The summed E-state index contributed by atoms with van der Waals surface area (Å²) in [6.45, 7) is 2.06. The summed E-state index contributed by atoms with van der Waals surface area (Å²) in [7, 11) is 0. The van der Waals surface area contributed by atoms with Gasteiger partial charge in [0.1, 0.15) is 0 Å². The number of amides is 1. The average molecular weight is 502 g/mol. The smallest absolute Gasteiger partial charge is 0.306 e. The molecule has 0 saturated heterocycles. The van der Waals surface area contributed by atoms with Gasteiger partial charge in [0.15, 0.2) is 0 Å². The first kappa shape index (κ1) is 24.1. The molecule has 2 N–H and O–H groups in total. The van der Waals surface area contributed by atoms with E-state index in [-0.39, 0.29) is 23.9 Å². The van der Waals surface area contributed by atoms with Gasteiger partial charge in [-0.3, -0.25) is 14.3 Å². The zero-order valence-electron chi connectivity index (χ0n) is 20.0. The van der Waals surface area contributed by atoms with Gasteiger partial charge in [0.05, 0.1) is 29.2 Å². The van der Waals surface area contributed by atoms with E-state index in [1.165, 1.54) is 0 Å². The number of carboxylic acid groups (broad SMARTS) is 1. The quantitative estimate of drug-likeness (QED) is 0.323. The Labute approximate surface area is 214 Å². The predicted octanol–water partition coefficient (Wildman–Crippen LogP) is 6.34. The minimum absolute atomic E-state index is 0.0542. The highest BCUT2D eigenvalue weighted by Gasteiger charge is 2.28. The molecule has 6 nitrogen and oxygen atoms in total. The first-order valence-electron chi connectivity index (χ1n) is 12.3. The van der Waals surface area contributed by atoms with Gasteiger partial charge in [0.2, 0.25) is 0 Å². The van der Waals surface area contributed by atoms with E-state index >= 15 is 0 Å². The van der Waals surface area contributed by atoms with Crippen LogP contribution in [0.25, 0.3) is 22.0 Å². The van der Waals surface area contributed by atoms with Gasteiger partial charge in [-0.05, 0) is 61.4 Å². The Morgan fingerprint density at radius 1 is 1.00 bits per heavy atom. The van der Waals surface area contributed by atoms with Crippen LogP contribution in [0.15, 0.2) is 72.9 Å². The Kier molecular flexibility index (Phi) is 6.79. The van der Waals surface area contributed by atoms with Gasteiger partial charge in [-0.1, -0.05) is 66.2 Å². The number of rotatable bonds is 6. The monoisotopic (exact) mass is 501 g/mol. The number of nitrogens with zero attached hydrogens (tertiary/aromatic N) is 2. The van der Waals surface area contributed by atoms with E-state index < -0.39 is 5.97 Å². The average Bonchev–Trinajstić information content (AvgIpc) is 3.32. The van der Waals surface area contributed by atoms with Gasteiger partial charge in [-0.15, -0.1) is 0 Å². The van der Waals surface area contributed by atoms with Gasteiger partial charge >= 0.3 is 5.97 Å². The van der Waals surface area contributed by atoms with Crippen molar-refractivity contribution in [3.63, 3.8) is 0 Å². The van der Waals surface area contributed by atoms with Gasteiger partial charge in [0.25, 0.3) is 5.91 Å². The van der Waals surface area contributed by atoms with Crippen LogP contribution in [0.3, 0.4) is 0 Å². The van der Waals surface area contributed by atoms with Crippen molar-refractivity contribution in [2.45, 2.75) is 44.7 Å². The van der Waals surface area contributed by atoms with E-state index in [9.17, 15) is 14.7 Å². The van der Waals surface area contributed by atoms with E-state index in [4.69, 9.17) is 11.6 Å². The lowest BCUT2D eigenvalue weighted by Gasteiger charge is -2.27. The van der Waals surface area contributed by atoms with E-state index in [0.29, 0.717) is 36.3 Å². The lowest BCUT2D eigenvalue weighted by atomic mass is 9.86. The molecule has 1 amide bonds. The fourth-order valence-corrected chi connectivity index (χ4v) is 5.32. The summed E-state index contributed by atoms with van der Waals surface area (Å²) in [5.41, 5.74) is 4.58. The van der Waals surface area contributed by atoms with Crippen LogP contribution in [0, 0.1) is 5.92 Å². The summed E-state index contributed by atoms with van der Waals surface area (Å²) in [4.78, 5) is 24.6. The van der Waals surface area contributed by atoms with E-state index in [0.717, 1.165) is 27.6 Å². The minimum Gasteiger partial charge on any atom is -0.481 e. The largest absolute Gasteiger partial charge is 0.481 e. The second-order valence-electron chi connectivity index (χ2n) is 9.50. The fraction of sp³-hybridized carbons (Fsp3) is 0.276. The van der Waals surface area contributed by atoms with Crippen LogP contribution in [0.2, 0.25) is 5.02 Å². The Morgan fingerprint density at radius 2 is 1.67 bits per heavy atom. The molecule has 184 valence electrons. The maximum atomic E-state index is 13.4. The second-order valence-corrected chi connectivity index (χ2v) is 9.94. The molecule has 3 aromatic carbocycles. The van der Waals surface area contributed by atoms with Gasteiger partial charge in [0, 0.05) is 16.5 Å². The molecular weight excluding hydrogens is 474 g/mol. The standard InChI is InChI=1S/C29H28ClN3O3/c1-18(19-7-9-21(10-8-19)20-5-3-2-4-6-20)33-27-23(17-31-33)15-24(30)16-26(27)28(34)32-25-13-11-22(12-14-25)29(35)36/h2-10,15-18,22,25H,11-14H2,1H3,(H,32,34)(H,35,36). The van der Waals surface area contributed by atoms with Crippen molar-refractivity contribution >= 4 is 34.4 Å². The molecule has 1 aromatic heterocycles.